The minimum Gasteiger partial charge on any atom is -0.386 e. The first-order chi connectivity index (χ1) is 9.88. The van der Waals surface area contributed by atoms with Gasteiger partial charge >= 0.3 is 0 Å². The molecule has 0 saturated heterocycles. The van der Waals surface area contributed by atoms with E-state index < -0.39 is 6.10 Å². The van der Waals surface area contributed by atoms with E-state index in [0.29, 0.717) is 5.56 Å². The van der Waals surface area contributed by atoms with Crippen LogP contribution >= 0.6 is 0 Å². The predicted octanol–water partition coefficient (Wildman–Crippen LogP) is 4.27. The van der Waals surface area contributed by atoms with Gasteiger partial charge in [-0.05, 0) is 29.2 Å². The second-order valence-electron chi connectivity index (χ2n) is 6.25. The van der Waals surface area contributed by atoms with Crippen molar-refractivity contribution in [2.45, 2.75) is 32.3 Å². The van der Waals surface area contributed by atoms with Crippen LogP contribution in [-0.2, 0) is 5.41 Å². The summed E-state index contributed by atoms with van der Waals surface area (Å²) in [6.45, 7) is 6.77. The van der Waals surface area contributed by atoms with Crippen molar-refractivity contribution in [1.29, 1.82) is 0 Å². The Morgan fingerprint density at radius 3 is 2.24 bits per heavy atom. The number of anilines is 1. The number of nitrogens with one attached hydrogen (secondary N) is 1. The van der Waals surface area contributed by atoms with Crippen molar-refractivity contribution >= 4 is 5.69 Å². The fourth-order valence-corrected chi connectivity index (χ4v) is 2.16. The number of rotatable bonds is 4. The molecule has 0 heterocycles. The summed E-state index contributed by atoms with van der Waals surface area (Å²) in [6.07, 6.45) is -0.867. The number of aliphatic hydroxyl groups is 1. The van der Waals surface area contributed by atoms with Crippen LogP contribution in [0.15, 0.2) is 48.5 Å². The molecule has 3 heteroatoms. The first kappa shape index (κ1) is 15.5. The molecule has 2 rings (SSSR count). The summed E-state index contributed by atoms with van der Waals surface area (Å²) in [4.78, 5) is 0. The SMILES string of the molecule is CC(C)(C)c1ccc(NCC(O)c2ccccc2F)cc1. The molecule has 2 aromatic carbocycles. The molecular weight excluding hydrogens is 265 g/mol. The van der Waals surface area contributed by atoms with Gasteiger partial charge in [-0.25, -0.2) is 4.39 Å². The molecule has 0 radical (unpaired) electrons. The molecule has 21 heavy (non-hydrogen) atoms. The quantitative estimate of drug-likeness (QED) is 0.880. The molecule has 0 aliphatic carbocycles. The van der Waals surface area contributed by atoms with Gasteiger partial charge in [0, 0.05) is 17.8 Å². The van der Waals surface area contributed by atoms with Gasteiger partial charge < -0.3 is 10.4 Å². The van der Waals surface area contributed by atoms with Crippen molar-refractivity contribution in [3.8, 4) is 0 Å². The normalized spacial score (nSPS) is 13.0. The van der Waals surface area contributed by atoms with E-state index in [1.54, 1.807) is 18.2 Å². The predicted molar refractivity (Wildman–Crippen MR) is 85.0 cm³/mol. The summed E-state index contributed by atoms with van der Waals surface area (Å²) in [5, 5.41) is 13.2. The molecule has 1 atom stereocenters. The second-order valence-corrected chi connectivity index (χ2v) is 6.25. The van der Waals surface area contributed by atoms with Gasteiger partial charge in [0.05, 0.1) is 6.10 Å². The van der Waals surface area contributed by atoms with E-state index in [4.69, 9.17) is 0 Å². The zero-order valence-electron chi connectivity index (χ0n) is 12.7. The minimum absolute atomic E-state index is 0.116. The molecule has 0 amide bonds. The Kier molecular flexibility index (Phi) is 4.63. The standard InChI is InChI=1S/C18H22FNO/c1-18(2,3)13-8-10-14(11-9-13)20-12-17(21)15-6-4-5-7-16(15)19/h4-11,17,20-21H,12H2,1-3H3. The Morgan fingerprint density at radius 1 is 1.05 bits per heavy atom. The molecule has 2 aromatic rings. The van der Waals surface area contributed by atoms with Gasteiger partial charge in [0.15, 0.2) is 0 Å². The topological polar surface area (TPSA) is 32.3 Å². The highest BCUT2D eigenvalue weighted by Gasteiger charge is 2.14. The fourth-order valence-electron chi connectivity index (χ4n) is 2.16. The largest absolute Gasteiger partial charge is 0.386 e. The zero-order valence-corrected chi connectivity index (χ0v) is 12.7. The highest BCUT2D eigenvalue weighted by molar-refractivity contribution is 5.46. The molecule has 0 spiro atoms. The lowest BCUT2D eigenvalue weighted by molar-refractivity contribution is 0.186. The minimum atomic E-state index is -0.867. The summed E-state index contributed by atoms with van der Waals surface area (Å²) in [7, 11) is 0. The van der Waals surface area contributed by atoms with Crippen LogP contribution in [0.5, 0.6) is 0 Å². The van der Waals surface area contributed by atoms with Crippen LogP contribution in [0.1, 0.15) is 38.0 Å². The molecule has 0 aliphatic rings. The molecule has 0 aromatic heterocycles. The third-order valence-electron chi connectivity index (χ3n) is 3.51. The number of aliphatic hydroxyl groups excluding tert-OH is 1. The van der Waals surface area contributed by atoms with Crippen LogP contribution in [0.3, 0.4) is 0 Å². The Labute approximate surface area is 125 Å². The van der Waals surface area contributed by atoms with Crippen molar-refractivity contribution in [3.63, 3.8) is 0 Å². The lowest BCUT2D eigenvalue weighted by Crippen LogP contribution is -2.14. The maximum Gasteiger partial charge on any atom is 0.129 e. The Morgan fingerprint density at radius 2 is 1.67 bits per heavy atom. The Hall–Kier alpha value is -1.87. The number of halogens is 1. The monoisotopic (exact) mass is 287 g/mol. The van der Waals surface area contributed by atoms with Crippen LogP contribution in [0.25, 0.3) is 0 Å². The van der Waals surface area contributed by atoms with Gasteiger partial charge in [-0.1, -0.05) is 51.1 Å². The van der Waals surface area contributed by atoms with Crippen molar-refractivity contribution in [1.82, 2.24) is 0 Å². The summed E-state index contributed by atoms with van der Waals surface area (Å²) >= 11 is 0. The summed E-state index contributed by atoms with van der Waals surface area (Å²) < 4.78 is 13.6. The zero-order chi connectivity index (χ0) is 15.5. The van der Waals surface area contributed by atoms with Crippen molar-refractivity contribution in [3.05, 3.63) is 65.5 Å². The third kappa shape index (κ3) is 4.05. The number of hydrogen-bond acceptors (Lipinski definition) is 2. The van der Waals surface area contributed by atoms with E-state index in [9.17, 15) is 9.50 Å². The lowest BCUT2D eigenvalue weighted by Gasteiger charge is -2.20. The van der Waals surface area contributed by atoms with Gasteiger partial charge in [-0.2, -0.15) is 0 Å². The van der Waals surface area contributed by atoms with Gasteiger partial charge in [0.1, 0.15) is 5.82 Å². The van der Waals surface area contributed by atoms with Crippen LogP contribution in [0.2, 0.25) is 0 Å². The van der Waals surface area contributed by atoms with Gasteiger partial charge in [-0.3, -0.25) is 0 Å². The van der Waals surface area contributed by atoms with E-state index >= 15 is 0 Å². The molecule has 2 N–H and O–H groups in total. The highest BCUT2D eigenvalue weighted by Crippen LogP contribution is 2.24. The molecule has 1 unspecified atom stereocenters. The smallest absolute Gasteiger partial charge is 0.129 e. The highest BCUT2D eigenvalue weighted by atomic mass is 19.1. The Balaban J connectivity index is 1.99. The van der Waals surface area contributed by atoms with Crippen LogP contribution in [-0.4, -0.2) is 11.7 Å². The summed E-state index contributed by atoms with van der Waals surface area (Å²) in [6, 6.07) is 14.4. The summed E-state index contributed by atoms with van der Waals surface area (Å²) in [5.74, 6) is -0.380. The molecular formula is C18H22FNO. The second kappa shape index (κ2) is 6.27. The van der Waals surface area contributed by atoms with Crippen molar-refractivity contribution in [2.75, 3.05) is 11.9 Å². The van der Waals surface area contributed by atoms with E-state index in [2.05, 4.69) is 38.2 Å². The molecule has 0 fully saturated rings. The average molecular weight is 287 g/mol. The van der Waals surface area contributed by atoms with Crippen molar-refractivity contribution in [2.24, 2.45) is 0 Å². The Bertz CT molecular complexity index is 587. The third-order valence-corrected chi connectivity index (χ3v) is 3.51. The summed E-state index contributed by atoms with van der Waals surface area (Å²) in [5.41, 5.74) is 2.60. The molecule has 112 valence electrons. The first-order valence-electron chi connectivity index (χ1n) is 7.15. The maximum absolute atomic E-state index is 13.6. The fraction of sp³-hybridized carbons (Fsp3) is 0.333. The van der Waals surface area contributed by atoms with Crippen LogP contribution in [0, 0.1) is 5.82 Å². The molecule has 0 aliphatic heterocycles. The van der Waals surface area contributed by atoms with Crippen LogP contribution < -0.4 is 5.32 Å². The molecule has 0 saturated carbocycles. The molecule has 2 nitrogen and oxygen atoms in total. The lowest BCUT2D eigenvalue weighted by atomic mass is 9.87. The van der Waals surface area contributed by atoms with E-state index in [1.165, 1.54) is 11.6 Å². The van der Waals surface area contributed by atoms with E-state index in [1.807, 2.05) is 12.1 Å². The van der Waals surface area contributed by atoms with Gasteiger partial charge in [0.2, 0.25) is 0 Å². The molecule has 0 bridgehead atoms. The van der Waals surface area contributed by atoms with Crippen LogP contribution in [0.4, 0.5) is 10.1 Å². The van der Waals surface area contributed by atoms with Gasteiger partial charge in [0.25, 0.3) is 0 Å². The number of benzene rings is 2. The number of hydrogen-bond donors (Lipinski definition) is 2. The van der Waals surface area contributed by atoms with Gasteiger partial charge in [-0.15, -0.1) is 0 Å². The van der Waals surface area contributed by atoms with E-state index in [0.717, 1.165) is 5.69 Å². The first-order valence-corrected chi connectivity index (χ1v) is 7.15. The maximum atomic E-state index is 13.6. The van der Waals surface area contributed by atoms with E-state index in [-0.39, 0.29) is 17.8 Å². The van der Waals surface area contributed by atoms with Crippen molar-refractivity contribution < 1.29 is 9.50 Å². The average Bonchev–Trinajstić information content (AvgIpc) is 2.45.